The molecule has 1 fully saturated rings. The van der Waals surface area contributed by atoms with Crippen molar-refractivity contribution in [3.63, 3.8) is 0 Å². The van der Waals surface area contributed by atoms with E-state index in [1.165, 1.54) is 42.7 Å². The SMILES string of the molecule is CN=C(NCCc1ccsc1)NC(C)c1cccc(N2CCCC2)c1. The van der Waals surface area contributed by atoms with E-state index >= 15 is 0 Å². The average molecular weight is 357 g/mol. The number of hydrogen-bond donors (Lipinski definition) is 2. The first kappa shape index (κ1) is 17.8. The average Bonchev–Trinajstić information content (AvgIpc) is 3.34. The van der Waals surface area contributed by atoms with Crippen LogP contribution in [0.3, 0.4) is 0 Å². The third-order valence-electron chi connectivity index (χ3n) is 4.70. The molecular weight excluding hydrogens is 328 g/mol. The van der Waals surface area contributed by atoms with Crippen LogP contribution in [-0.2, 0) is 6.42 Å². The van der Waals surface area contributed by atoms with Crippen molar-refractivity contribution >= 4 is 23.0 Å². The fourth-order valence-electron chi connectivity index (χ4n) is 3.21. The number of hydrogen-bond acceptors (Lipinski definition) is 3. The van der Waals surface area contributed by atoms with Crippen LogP contribution in [0.5, 0.6) is 0 Å². The first-order chi connectivity index (χ1) is 12.3. The number of nitrogens with zero attached hydrogens (tertiary/aromatic N) is 2. The number of guanidine groups is 1. The molecule has 5 heteroatoms. The molecule has 1 unspecified atom stereocenters. The Labute approximate surface area is 155 Å². The van der Waals surface area contributed by atoms with E-state index in [2.05, 4.69) is 68.5 Å². The molecule has 25 heavy (non-hydrogen) atoms. The third-order valence-corrected chi connectivity index (χ3v) is 5.44. The topological polar surface area (TPSA) is 39.7 Å². The van der Waals surface area contributed by atoms with Gasteiger partial charge in [0, 0.05) is 32.4 Å². The first-order valence-corrected chi connectivity index (χ1v) is 10.0. The zero-order valence-corrected chi connectivity index (χ0v) is 16.0. The van der Waals surface area contributed by atoms with Gasteiger partial charge in [-0.3, -0.25) is 4.99 Å². The van der Waals surface area contributed by atoms with E-state index in [4.69, 9.17) is 0 Å². The molecule has 2 aromatic rings. The van der Waals surface area contributed by atoms with Gasteiger partial charge in [0.15, 0.2) is 5.96 Å². The Bertz CT molecular complexity index is 675. The van der Waals surface area contributed by atoms with Gasteiger partial charge >= 0.3 is 0 Å². The Morgan fingerprint density at radius 2 is 2.12 bits per heavy atom. The zero-order valence-electron chi connectivity index (χ0n) is 15.2. The van der Waals surface area contributed by atoms with E-state index in [-0.39, 0.29) is 6.04 Å². The molecule has 1 aliphatic heterocycles. The van der Waals surface area contributed by atoms with Crippen LogP contribution in [0.2, 0.25) is 0 Å². The summed E-state index contributed by atoms with van der Waals surface area (Å²) in [6.45, 7) is 5.43. The van der Waals surface area contributed by atoms with Crippen LogP contribution in [0.25, 0.3) is 0 Å². The van der Waals surface area contributed by atoms with Gasteiger partial charge in [0.1, 0.15) is 0 Å². The maximum absolute atomic E-state index is 4.36. The van der Waals surface area contributed by atoms with E-state index < -0.39 is 0 Å². The molecule has 2 N–H and O–H groups in total. The van der Waals surface area contributed by atoms with Crippen molar-refractivity contribution in [1.82, 2.24) is 10.6 Å². The second-order valence-electron chi connectivity index (χ2n) is 6.54. The standard InChI is InChI=1S/C20H28N4S/c1-16(18-6-5-7-19(14-18)24-11-3-4-12-24)23-20(21-2)22-10-8-17-9-13-25-15-17/h5-7,9,13-16H,3-4,8,10-12H2,1-2H3,(H2,21,22,23). The van der Waals surface area contributed by atoms with Gasteiger partial charge < -0.3 is 15.5 Å². The molecule has 0 aliphatic carbocycles. The van der Waals surface area contributed by atoms with E-state index in [1.54, 1.807) is 11.3 Å². The van der Waals surface area contributed by atoms with Crippen LogP contribution in [0.4, 0.5) is 5.69 Å². The maximum atomic E-state index is 4.36. The number of rotatable bonds is 6. The Morgan fingerprint density at radius 1 is 1.28 bits per heavy atom. The predicted octanol–water partition coefficient (Wildman–Crippen LogP) is 3.82. The normalized spacial score (nSPS) is 16.1. The minimum Gasteiger partial charge on any atom is -0.372 e. The molecule has 0 spiro atoms. The maximum Gasteiger partial charge on any atom is 0.191 e. The summed E-state index contributed by atoms with van der Waals surface area (Å²) in [6, 6.07) is 11.3. The second-order valence-corrected chi connectivity index (χ2v) is 7.32. The van der Waals surface area contributed by atoms with E-state index in [1.807, 2.05) is 7.05 Å². The highest BCUT2D eigenvalue weighted by atomic mass is 32.1. The molecule has 1 aliphatic rings. The summed E-state index contributed by atoms with van der Waals surface area (Å²) in [5, 5.41) is 11.2. The summed E-state index contributed by atoms with van der Waals surface area (Å²) in [5.74, 6) is 0.856. The largest absolute Gasteiger partial charge is 0.372 e. The Morgan fingerprint density at radius 3 is 2.84 bits per heavy atom. The summed E-state index contributed by atoms with van der Waals surface area (Å²) < 4.78 is 0. The molecule has 134 valence electrons. The van der Waals surface area contributed by atoms with E-state index in [0.717, 1.165) is 18.9 Å². The summed E-state index contributed by atoms with van der Waals surface area (Å²) in [4.78, 5) is 6.84. The lowest BCUT2D eigenvalue weighted by Gasteiger charge is -2.22. The van der Waals surface area contributed by atoms with Gasteiger partial charge in [-0.05, 0) is 66.3 Å². The Hall–Kier alpha value is -2.01. The molecule has 2 heterocycles. The highest BCUT2D eigenvalue weighted by molar-refractivity contribution is 7.07. The second kappa shape index (κ2) is 8.90. The number of benzene rings is 1. The molecule has 0 bridgehead atoms. The molecular formula is C20H28N4S. The van der Waals surface area contributed by atoms with Crippen LogP contribution in [0, 0.1) is 0 Å². The van der Waals surface area contributed by atoms with Gasteiger partial charge in [0.05, 0.1) is 6.04 Å². The van der Waals surface area contributed by atoms with E-state index in [9.17, 15) is 0 Å². The van der Waals surface area contributed by atoms with Crippen molar-refractivity contribution in [2.45, 2.75) is 32.2 Å². The third kappa shape index (κ3) is 4.98. The summed E-state index contributed by atoms with van der Waals surface area (Å²) in [5.41, 5.74) is 4.01. The molecule has 4 nitrogen and oxygen atoms in total. The van der Waals surface area contributed by atoms with Gasteiger partial charge in [-0.15, -0.1) is 0 Å². The smallest absolute Gasteiger partial charge is 0.191 e. The molecule has 1 aromatic heterocycles. The summed E-state index contributed by atoms with van der Waals surface area (Å²) >= 11 is 1.75. The minimum absolute atomic E-state index is 0.218. The molecule has 1 atom stereocenters. The Balaban J connectivity index is 1.54. The van der Waals surface area contributed by atoms with Crippen LogP contribution >= 0.6 is 11.3 Å². The van der Waals surface area contributed by atoms with Gasteiger partial charge in [0.25, 0.3) is 0 Å². The van der Waals surface area contributed by atoms with Crippen LogP contribution in [-0.4, -0.2) is 32.6 Å². The number of thiophene rings is 1. The molecule has 0 saturated carbocycles. The lowest BCUT2D eigenvalue weighted by atomic mass is 10.1. The fraction of sp³-hybridized carbons (Fsp3) is 0.450. The molecule has 3 rings (SSSR count). The van der Waals surface area contributed by atoms with Crippen LogP contribution in [0.1, 0.15) is 36.9 Å². The van der Waals surface area contributed by atoms with Gasteiger partial charge in [-0.25, -0.2) is 0 Å². The van der Waals surface area contributed by atoms with Gasteiger partial charge in [-0.2, -0.15) is 11.3 Å². The monoisotopic (exact) mass is 356 g/mol. The van der Waals surface area contributed by atoms with Crippen molar-refractivity contribution in [2.75, 3.05) is 31.6 Å². The highest BCUT2D eigenvalue weighted by Gasteiger charge is 2.14. The molecule has 1 saturated heterocycles. The molecule has 0 amide bonds. The number of anilines is 1. The fourth-order valence-corrected chi connectivity index (χ4v) is 3.91. The number of aliphatic imine (C=N–C) groups is 1. The quantitative estimate of drug-likeness (QED) is 0.611. The Kier molecular flexibility index (Phi) is 6.34. The van der Waals surface area contributed by atoms with Crippen molar-refractivity contribution < 1.29 is 0 Å². The first-order valence-electron chi connectivity index (χ1n) is 9.09. The number of nitrogens with one attached hydrogen (secondary N) is 2. The lowest BCUT2D eigenvalue weighted by Crippen LogP contribution is -2.39. The van der Waals surface area contributed by atoms with Crippen molar-refractivity contribution in [3.8, 4) is 0 Å². The lowest BCUT2D eigenvalue weighted by molar-refractivity contribution is 0.684. The van der Waals surface area contributed by atoms with Crippen molar-refractivity contribution in [1.29, 1.82) is 0 Å². The van der Waals surface area contributed by atoms with Crippen LogP contribution < -0.4 is 15.5 Å². The minimum atomic E-state index is 0.218. The molecule has 1 aromatic carbocycles. The van der Waals surface area contributed by atoms with Crippen LogP contribution in [0.15, 0.2) is 46.1 Å². The van der Waals surface area contributed by atoms with Crippen molar-refractivity contribution in [3.05, 3.63) is 52.2 Å². The highest BCUT2D eigenvalue weighted by Crippen LogP contribution is 2.23. The molecule has 0 radical (unpaired) electrons. The summed E-state index contributed by atoms with van der Waals surface area (Å²) in [7, 11) is 1.83. The van der Waals surface area contributed by atoms with Gasteiger partial charge in [-0.1, -0.05) is 12.1 Å². The predicted molar refractivity (Wildman–Crippen MR) is 109 cm³/mol. The van der Waals surface area contributed by atoms with Gasteiger partial charge in [0.2, 0.25) is 0 Å². The zero-order chi connectivity index (χ0) is 17.5. The van der Waals surface area contributed by atoms with Crippen molar-refractivity contribution in [2.24, 2.45) is 4.99 Å². The van der Waals surface area contributed by atoms with E-state index in [0.29, 0.717) is 0 Å². The summed E-state index contributed by atoms with van der Waals surface area (Å²) in [6.07, 6.45) is 3.63.